The van der Waals surface area contributed by atoms with Gasteiger partial charge in [-0.15, -0.1) is 0 Å². The SMILES string of the molecule is CN(C(=O)CC(=O)Nc1ccc(Cl)cc1Cl)c1ccccc1. The number of nitrogens with one attached hydrogen (secondary N) is 1. The van der Waals surface area contributed by atoms with Crippen LogP contribution in [0.1, 0.15) is 6.42 Å². The minimum atomic E-state index is -0.433. The predicted octanol–water partition coefficient (Wildman–Crippen LogP) is 3.99. The van der Waals surface area contributed by atoms with Crippen molar-refractivity contribution in [3.05, 3.63) is 58.6 Å². The number of carbonyl (C=O) groups excluding carboxylic acids is 2. The Kier molecular flexibility index (Phi) is 5.41. The lowest BCUT2D eigenvalue weighted by atomic mass is 10.2. The third-order valence-electron chi connectivity index (χ3n) is 3.03. The molecule has 2 amide bonds. The molecule has 2 aromatic rings. The molecule has 0 fully saturated rings. The fourth-order valence-electron chi connectivity index (χ4n) is 1.84. The Hall–Kier alpha value is -2.04. The fraction of sp³-hybridized carbons (Fsp3) is 0.125. The average Bonchev–Trinajstić information content (AvgIpc) is 2.50. The molecule has 114 valence electrons. The highest BCUT2D eigenvalue weighted by atomic mass is 35.5. The van der Waals surface area contributed by atoms with Gasteiger partial charge in [-0.3, -0.25) is 9.59 Å². The highest BCUT2D eigenvalue weighted by Gasteiger charge is 2.16. The van der Waals surface area contributed by atoms with Gasteiger partial charge in [0, 0.05) is 17.8 Å². The lowest BCUT2D eigenvalue weighted by molar-refractivity contribution is -0.125. The molecule has 0 atom stereocenters. The maximum absolute atomic E-state index is 12.1. The highest BCUT2D eigenvalue weighted by Crippen LogP contribution is 2.25. The molecule has 6 heteroatoms. The number of benzene rings is 2. The zero-order valence-electron chi connectivity index (χ0n) is 11.8. The van der Waals surface area contributed by atoms with Crippen molar-refractivity contribution >= 4 is 46.4 Å². The summed E-state index contributed by atoms with van der Waals surface area (Å²) in [5.41, 5.74) is 1.15. The van der Waals surface area contributed by atoms with Gasteiger partial charge in [-0.1, -0.05) is 41.4 Å². The van der Waals surface area contributed by atoms with E-state index in [-0.39, 0.29) is 12.3 Å². The Morgan fingerprint density at radius 1 is 1.09 bits per heavy atom. The summed E-state index contributed by atoms with van der Waals surface area (Å²) in [4.78, 5) is 25.5. The van der Waals surface area contributed by atoms with Crippen molar-refractivity contribution in [2.24, 2.45) is 0 Å². The van der Waals surface area contributed by atoms with Crippen molar-refractivity contribution in [1.82, 2.24) is 0 Å². The number of hydrogen-bond acceptors (Lipinski definition) is 2. The molecule has 0 saturated heterocycles. The third kappa shape index (κ3) is 4.23. The van der Waals surface area contributed by atoms with E-state index >= 15 is 0 Å². The van der Waals surface area contributed by atoms with Crippen LogP contribution in [0.2, 0.25) is 10.0 Å². The second-order valence-electron chi connectivity index (χ2n) is 4.64. The molecule has 4 nitrogen and oxygen atoms in total. The summed E-state index contributed by atoms with van der Waals surface area (Å²) in [6.07, 6.45) is -0.273. The molecular formula is C16H14Cl2N2O2. The normalized spacial score (nSPS) is 10.1. The summed E-state index contributed by atoms with van der Waals surface area (Å²) in [6, 6.07) is 13.8. The average molecular weight is 337 g/mol. The van der Waals surface area contributed by atoms with Crippen molar-refractivity contribution < 1.29 is 9.59 Å². The van der Waals surface area contributed by atoms with E-state index in [0.29, 0.717) is 15.7 Å². The molecule has 0 bridgehead atoms. The van der Waals surface area contributed by atoms with E-state index in [1.807, 2.05) is 18.2 Å². The second kappa shape index (κ2) is 7.29. The summed E-state index contributed by atoms with van der Waals surface area (Å²) in [5.74, 6) is -0.745. The van der Waals surface area contributed by atoms with Gasteiger partial charge in [0.25, 0.3) is 0 Å². The van der Waals surface area contributed by atoms with Crippen molar-refractivity contribution in [3.63, 3.8) is 0 Å². The molecule has 22 heavy (non-hydrogen) atoms. The number of hydrogen-bond donors (Lipinski definition) is 1. The van der Waals surface area contributed by atoms with Crippen LogP contribution in [0.4, 0.5) is 11.4 Å². The number of amides is 2. The Balaban J connectivity index is 1.98. The van der Waals surface area contributed by atoms with Crippen molar-refractivity contribution in [1.29, 1.82) is 0 Å². The quantitative estimate of drug-likeness (QED) is 0.858. The molecule has 0 radical (unpaired) electrons. The van der Waals surface area contributed by atoms with Gasteiger partial charge in [-0.2, -0.15) is 0 Å². The van der Waals surface area contributed by atoms with Crippen LogP contribution in [-0.4, -0.2) is 18.9 Å². The fourth-order valence-corrected chi connectivity index (χ4v) is 2.29. The summed E-state index contributed by atoms with van der Waals surface area (Å²) >= 11 is 11.8. The molecule has 2 aromatic carbocycles. The van der Waals surface area contributed by atoms with E-state index in [2.05, 4.69) is 5.32 Å². The van der Waals surface area contributed by atoms with Crippen LogP contribution in [-0.2, 0) is 9.59 Å². The van der Waals surface area contributed by atoms with Gasteiger partial charge >= 0.3 is 0 Å². The molecule has 0 spiro atoms. The summed E-state index contributed by atoms with van der Waals surface area (Å²) < 4.78 is 0. The van der Waals surface area contributed by atoms with Crippen LogP contribution in [0.3, 0.4) is 0 Å². The van der Waals surface area contributed by atoms with Gasteiger partial charge in [0.05, 0.1) is 10.7 Å². The number of anilines is 2. The molecule has 0 aliphatic rings. The lowest BCUT2D eigenvalue weighted by Crippen LogP contribution is -2.30. The highest BCUT2D eigenvalue weighted by molar-refractivity contribution is 6.36. The summed E-state index contributed by atoms with van der Waals surface area (Å²) in [5, 5.41) is 3.40. The monoisotopic (exact) mass is 336 g/mol. The standard InChI is InChI=1S/C16H14Cl2N2O2/c1-20(12-5-3-2-4-6-12)16(22)10-15(21)19-14-8-7-11(17)9-13(14)18/h2-9H,10H2,1H3,(H,19,21). The first-order valence-corrected chi connectivity index (χ1v) is 7.29. The van der Waals surface area contributed by atoms with E-state index in [4.69, 9.17) is 23.2 Å². The number of nitrogens with zero attached hydrogens (tertiary/aromatic N) is 1. The zero-order chi connectivity index (χ0) is 16.1. The minimum absolute atomic E-state index is 0.273. The van der Waals surface area contributed by atoms with Crippen LogP contribution < -0.4 is 10.2 Å². The summed E-state index contributed by atoms with van der Waals surface area (Å²) in [7, 11) is 1.63. The molecule has 0 aromatic heterocycles. The topological polar surface area (TPSA) is 49.4 Å². The van der Waals surface area contributed by atoms with E-state index in [9.17, 15) is 9.59 Å². The van der Waals surface area contributed by atoms with Crippen LogP contribution in [0.15, 0.2) is 48.5 Å². The van der Waals surface area contributed by atoms with Crippen molar-refractivity contribution in [2.45, 2.75) is 6.42 Å². The largest absolute Gasteiger partial charge is 0.324 e. The molecule has 0 unspecified atom stereocenters. The Bertz CT molecular complexity index is 690. The van der Waals surface area contributed by atoms with E-state index < -0.39 is 5.91 Å². The second-order valence-corrected chi connectivity index (χ2v) is 5.48. The maximum atomic E-state index is 12.1. The number of halogens is 2. The van der Waals surface area contributed by atoms with Crippen LogP contribution in [0.5, 0.6) is 0 Å². The molecule has 0 aliphatic heterocycles. The Morgan fingerprint density at radius 3 is 2.41 bits per heavy atom. The van der Waals surface area contributed by atoms with E-state index in [1.54, 1.807) is 31.3 Å². The van der Waals surface area contributed by atoms with Crippen LogP contribution >= 0.6 is 23.2 Å². The number of carbonyl (C=O) groups is 2. The van der Waals surface area contributed by atoms with Crippen molar-refractivity contribution in [2.75, 3.05) is 17.3 Å². The number of rotatable bonds is 4. The minimum Gasteiger partial charge on any atom is -0.324 e. The third-order valence-corrected chi connectivity index (χ3v) is 3.58. The molecule has 0 saturated carbocycles. The smallest absolute Gasteiger partial charge is 0.236 e. The zero-order valence-corrected chi connectivity index (χ0v) is 13.4. The van der Waals surface area contributed by atoms with E-state index in [0.717, 1.165) is 5.69 Å². The van der Waals surface area contributed by atoms with Crippen molar-refractivity contribution in [3.8, 4) is 0 Å². The van der Waals surface area contributed by atoms with Gasteiger partial charge in [0.1, 0.15) is 6.42 Å². The lowest BCUT2D eigenvalue weighted by Gasteiger charge is -2.17. The molecular weight excluding hydrogens is 323 g/mol. The maximum Gasteiger partial charge on any atom is 0.236 e. The predicted molar refractivity (Wildman–Crippen MR) is 89.6 cm³/mol. The molecule has 1 N–H and O–H groups in total. The van der Waals surface area contributed by atoms with Gasteiger partial charge in [0.15, 0.2) is 0 Å². The van der Waals surface area contributed by atoms with Gasteiger partial charge in [-0.05, 0) is 30.3 Å². The molecule has 0 heterocycles. The first-order valence-electron chi connectivity index (χ1n) is 6.54. The molecule has 0 aliphatic carbocycles. The summed E-state index contributed by atoms with van der Waals surface area (Å²) in [6.45, 7) is 0. The van der Waals surface area contributed by atoms with Gasteiger partial charge in [-0.25, -0.2) is 0 Å². The van der Waals surface area contributed by atoms with Crippen LogP contribution in [0.25, 0.3) is 0 Å². The Labute approximate surface area is 138 Å². The van der Waals surface area contributed by atoms with Gasteiger partial charge < -0.3 is 10.2 Å². The molecule has 2 rings (SSSR count). The Morgan fingerprint density at radius 2 is 1.77 bits per heavy atom. The number of para-hydroxylation sites is 1. The van der Waals surface area contributed by atoms with Gasteiger partial charge in [0.2, 0.25) is 11.8 Å². The van der Waals surface area contributed by atoms with E-state index in [1.165, 1.54) is 11.0 Å². The van der Waals surface area contributed by atoms with Crippen LogP contribution in [0, 0.1) is 0 Å². The first kappa shape index (κ1) is 16.3. The first-order chi connectivity index (χ1) is 10.5.